The van der Waals surface area contributed by atoms with Crippen molar-refractivity contribution < 1.29 is 25.5 Å². The summed E-state index contributed by atoms with van der Waals surface area (Å²) in [6.07, 6.45) is 7.25. The number of aryl methyl sites for hydroxylation is 1. The minimum absolute atomic E-state index is 0.137. The molecule has 0 aliphatic carbocycles. The third-order valence-electron chi connectivity index (χ3n) is 7.02. The van der Waals surface area contributed by atoms with Crippen molar-refractivity contribution >= 4 is 34.9 Å². The lowest BCUT2D eigenvalue weighted by molar-refractivity contribution is 0.401. The zero-order valence-corrected chi connectivity index (χ0v) is 21.9. The summed E-state index contributed by atoms with van der Waals surface area (Å²) in [5, 5.41) is 55.9. The summed E-state index contributed by atoms with van der Waals surface area (Å²) in [5.41, 5.74) is 5.08. The number of aliphatic imine (C=N–C) groups is 2. The van der Waals surface area contributed by atoms with Crippen LogP contribution in [0.1, 0.15) is 34.2 Å². The molecule has 0 amide bonds. The zero-order chi connectivity index (χ0) is 28.1. The first-order valence-electron chi connectivity index (χ1n) is 13.1. The van der Waals surface area contributed by atoms with E-state index >= 15 is 0 Å². The highest BCUT2D eigenvalue weighted by molar-refractivity contribution is 6.31. The molecule has 5 rings (SSSR count). The number of nitrogens with one attached hydrogen (secondary N) is 1. The Balaban J connectivity index is 1.35. The first-order valence-corrected chi connectivity index (χ1v) is 13.1. The molecule has 8 nitrogen and oxygen atoms in total. The van der Waals surface area contributed by atoms with Gasteiger partial charge in [0.2, 0.25) is 0 Å². The maximum absolute atomic E-state index is 11.0. The van der Waals surface area contributed by atoms with E-state index in [1.807, 2.05) is 6.21 Å². The summed E-state index contributed by atoms with van der Waals surface area (Å²) < 4.78 is 0. The van der Waals surface area contributed by atoms with Crippen LogP contribution in [0.15, 0.2) is 70.6 Å². The largest absolute Gasteiger partial charge is 0.507 e. The highest BCUT2D eigenvalue weighted by atomic mass is 16.3. The maximum Gasteiger partial charge on any atom is 0.169 e. The fourth-order valence-corrected chi connectivity index (χ4v) is 4.84. The first-order chi connectivity index (χ1) is 19.4. The predicted octanol–water partition coefficient (Wildman–Crippen LogP) is 5.29. The Morgan fingerprint density at radius 2 is 1.55 bits per heavy atom. The predicted molar refractivity (Wildman–Crippen MR) is 159 cm³/mol. The lowest BCUT2D eigenvalue weighted by Gasteiger charge is -2.16. The van der Waals surface area contributed by atoms with Gasteiger partial charge in [-0.2, -0.15) is 0 Å². The standard InChI is InChI=1S/C32H31N3O5/c36-27-13-10-21(16-29(27)38)9-11-24-25-2-1-3-28(37)30(25)32(40)31(39)26(24)12-8-20-4-6-22(7-5-20)17-33-15-14-23-18-34-19-35-23/h1-7,9-11,13,16,18,33,36-40H,8,12,14-15,17,19H2. The molecular weight excluding hydrogens is 506 g/mol. The Morgan fingerprint density at radius 1 is 0.750 bits per heavy atom. The van der Waals surface area contributed by atoms with Gasteiger partial charge in [0.25, 0.3) is 0 Å². The molecule has 0 aromatic heterocycles. The van der Waals surface area contributed by atoms with E-state index in [9.17, 15) is 25.5 Å². The summed E-state index contributed by atoms with van der Waals surface area (Å²) in [7, 11) is 0. The monoisotopic (exact) mass is 537 g/mol. The molecule has 0 saturated carbocycles. The van der Waals surface area contributed by atoms with Gasteiger partial charge in [-0.3, -0.25) is 9.98 Å². The Hall–Kier alpha value is -4.82. The van der Waals surface area contributed by atoms with Gasteiger partial charge in [0.15, 0.2) is 23.0 Å². The van der Waals surface area contributed by atoms with Gasteiger partial charge in [0, 0.05) is 31.3 Å². The molecule has 8 heteroatoms. The molecule has 0 spiro atoms. The van der Waals surface area contributed by atoms with Crippen LogP contribution in [-0.2, 0) is 19.4 Å². The zero-order valence-electron chi connectivity index (χ0n) is 21.9. The average Bonchev–Trinajstić information content (AvgIpc) is 3.48. The minimum atomic E-state index is -0.362. The number of aromatic hydroxyl groups is 5. The van der Waals surface area contributed by atoms with Crippen molar-refractivity contribution in [2.75, 3.05) is 13.2 Å². The number of benzene rings is 4. The van der Waals surface area contributed by atoms with Crippen molar-refractivity contribution in [3.05, 3.63) is 88.5 Å². The van der Waals surface area contributed by atoms with Crippen molar-refractivity contribution in [3.63, 3.8) is 0 Å². The Morgan fingerprint density at radius 3 is 2.30 bits per heavy atom. The van der Waals surface area contributed by atoms with Gasteiger partial charge in [-0.25, -0.2) is 0 Å². The van der Waals surface area contributed by atoms with Gasteiger partial charge in [-0.1, -0.05) is 54.6 Å². The van der Waals surface area contributed by atoms with Crippen LogP contribution in [0.25, 0.3) is 22.9 Å². The molecule has 204 valence electrons. The highest BCUT2D eigenvalue weighted by Gasteiger charge is 2.19. The molecule has 0 unspecified atom stereocenters. The van der Waals surface area contributed by atoms with Crippen molar-refractivity contribution in [1.29, 1.82) is 0 Å². The molecular formula is C32H31N3O5. The number of phenolic OH excluding ortho intramolecular Hbond substituents is 5. The smallest absolute Gasteiger partial charge is 0.169 e. The van der Waals surface area contributed by atoms with Crippen LogP contribution in [-0.4, -0.2) is 50.7 Å². The Labute approximate surface area is 231 Å². The van der Waals surface area contributed by atoms with Crippen LogP contribution in [0.5, 0.6) is 28.7 Å². The lowest BCUT2D eigenvalue weighted by atomic mass is 9.91. The molecule has 0 saturated heterocycles. The van der Waals surface area contributed by atoms with Gasteiger partial charge in [0.1, 0.15) is 12.4 Å². The molecule has 6 N–H and O–H groups in total. The summed E-state index contributed by atoms with van der Waals surface area (Å²) in [6, 6.07) is 17.7. The fourth-order valence-electron chi connectivity index (χ4n) is 4.84. The quantitative estimate of drug-likeness (QED) is 0.0924. The number of fused-ring (bicyclic) bond motifs is 1. The molecule has 1 aliphatic heterocycles. The number of phenols is 5. The molecule has 1 heterocycles. The first kappa shape index (κ1) is 26.8. The van der Waals surface area contributed by atoms with E-state index in [0.29, 0.717) is 41.6 Å². The van der Waals surface area contributed by atoms with Crippen molar-refractivity contribution in [2.45, 2.75) is 25.8 Å². The highest BCUT2D eigenvalue weighted by Crippen LogP contribution is 2.45. The summed E-state index contributed by atoms with van der Waals surface area (Å²) in [5.74, 6) is -1.23. The Bertz CT molecular complexity index is 1620. The van der Waals surface area contributed by atoms with Gasteiger partial charge in [0.05, 0.1) is 11.1 Å². The van der Waals surface area contributed by atoms with Crippen LogP contribution in [0.2, 0.25) is 0 Å². The van der Waals surface area contributed by atoms with E-state index < -0.39 is 0 Å². The summed E-state index contributed by atoms with van der Waals surface area (Å²) in [6.45, 7) is 2.11. The van der Waals surface area contributed by atoms with Gasteiger partial charge < -0.3 is 30.8 Å². The third kappa shape index (κ3) is 5.92. The number of hydrogen-bond acceptors (Lipinski definition) is 8. The molecule has 40 heavy (non-hydrogen) atoms. The van der Waals surface area contributed by atoms with E-state index in [2.05, 4.69) is 39.6 Å². The number of hydrogen-bond donors (Lipinski definition) is 6. The molecule has 0 fully saturated rings. The summed E-state index contributed by atoms with van der Waals surface area (Å²) in [4.78, 5) is 8.39. The van der Waals surface area contributed by atoms with Crippen LogP contribution >= 0.6 is 0 Å². The van der Waals surface area contributed by atoms with Crippen LogP contribution in [0.4, 0.5) is 0 Å². The molecule has 4 aromatic rings. The van der Waals surface area contributed by atoms with E-state index in [4.69, 9.17) is 0 Å². The molecule has 0 bridgehead atoms. The number of nitrogens with zero attached hydrogens (tertiary/aromatic N) is 2. The van der Waals surface area contributed by atoms with Crippen molar-refractivity contribution in [3.8, 4) is 28.7 Å². The number of rotatable bonds is 10. The van der Waals surface area contributed by atoms with Crippen LogP contribution < -0.4 is 5.32 Å². The second-order valence-corrected chi connectivity index (χ2v) is 9.72. The van der Waals surface area contributed by atoms with Gasteiger partial charge in [-0.15, -0.1) is 0 Å². The minimum Gasteiger partial charge on any atom is -0.507 e. The van der Waals surface area contributed by atoms with E-state index in [-0.39, 0.29) is 34.1 Å². The van der Waals surface area contributed by atoms with Crippen LogP contribution in [0, 0.1) is 0 Å². The topological polar surface area (TPSA) is 138 Å². The Kier molecular flexibility index (Phi) is 7.98. The molecule has 1 aliphatic rings. The SMILES string of the molecule is Oc1ccc(C=Cc2c(CCc3ccc(CNCCC4=NCN=C4)cc3)c(O)c(O)c3c(O)cccc23)cc1O. The molecule has 0 radical (unpaired) electrons. The third-order valence-corrected chi connectivity index (χ3v) is 7.02. The molecule has 4 aromatic carbocycles. The second-order valence-electron chi connectivity index (χ2n) is 9.72. The fraction of sp³-hybridized carbons (Fsp3) is 0.188. The maximum atomic E-state index is 11.0. The van der Waals surface area contributed by atoms with E-state index in [1.54, 1.807) is 30.4 Å². The molecule has 0 atom stereocenters. The van der Waals surface area contributed by atoms with Gasteiger partial charge >= 0.3 is 0 Å². The normalized spacial score (nSPS) is 12.9. The van der Waals surface area contributed by atoms with Crippen molar-refractivity contribution in [2.24, 2.45) is 9.98 Å². The van der Waals surface area contributed by atoms with Gasteiger partial charge in [-0.05, 0) is 58.7 Å². The van der Waals surface area contributed by atoms with E-state index in [1.165, 1.54) is 18.2 Å². The average molecular weight is 538 g/mol. The second kappa shape index (κ2) is 11.9. The van der Waals surface area contributed by atoms with Crippen molar-refractivity contribution in [1.82, 2.24) is 5.32 Å². The summed E-state index contributed by atoms with van der Waals surface area (Å²) >= 11 is 0. The van der Waals surface area contributed by atoms with E-state index in [0.717, 1.165) is 36.3 Å². The lowest BCUT2D eigenvalue weighted by Crippen LogP contribution is -2.17. The van der Waals surface area contributed by atoms with Crippen LogP contribution in [0.3, 0.4) is 0 Å².